The summed E-state index contributed by atoms with van der Waals surface area (Å²) in [5.41, 5.74) is 0. The summed E-state index contributed by atoms with van der Waals surface area (Å²) < 4.78 is 10.7. The fraction of sp³-hybridized carbons (Fsp3) is 0.909. The third-order valence-corrected chi connectivity index (χ3v) is 7.76. The predicted octanol–water partition coefficient (Wildman–Crippen LogP) is 3.18. The maximum atomic E-state index is 11.5. The zero-order valence-corrected chi connectivity index (χ0v) is 13.0. The summed E-state index contributed by atoms with van der Waals surface area (Å²) in [7, 11) is -0.644. The highest BCUT2D eigenvalue weighted by Crippen LogP contribution is 2.38. The molecule has 0 aliphatic carbocycles. The Balaban J connectivity index is 4.83. The molecule has 96 valence electrons. The van der Waals surface area contributed by atoms with E-state index in [1.54, 1.807) is 6.92 Å². The van der Waals surface area contributed by atoms with Crippen LogP contribution in [0.25, 0.3) is 0 Å². The quantitative estimate of drug-likeness (QED) is 0.445. The van der Waals surface area contributed by atoms with Crippen LogP contribution >= 0.6 is 11.6 Å². The van der Waals surface area contributed by atoms with E-state index in [1.165, 1.54) is 7.11 Å². The first-order valence-corrected chi connectivity index (χ1v) is 8.77. The van der Waals surface area contributed by atoms with Crippen LogP contribution in [0, 0.1) is 0 Å². The molecule has 3 nitrogen and oxygen atoms in total. The van der Waals surface area contributed by atoms with Gasteiger partial charge in [-0.2, -0.15) is 0 Å². The van der Waals surface area contributed by atoms with Gasteiger partial charge in [0.2, 0.25) is 0 Å². The Bertz CT molecular complexity index is 246. The Kier molecular flexibility index (Phi) is 5.49. The minimum atomic E-state index is -2.00. The van der Waals surface area contributed by atoms with Gasteiger partial charge in [0.05, 0.1) is 12.5 Å². The first-order chi connectivity index (χ1) is 7.03. The molecule has 0 fully saturated rings. The highest BCUT2D eigenvalue weighted by atomic mass is 35.5. The minimum absolute atomic E-state index is 0.0467. The van der Waals surface area contributed by atoms with Crippen molar-refractivity contribution >= 4 is 25.9 Å². The Hall–Kier alpha value is -0.0631. The second-order valence-corrected chi connectivity index (χ2v) is 10.9. The van der Waals surface area contributed by atoms with Crippen molar-refractivity contribution in [3.05, 3.63) is 0 Å². The zero-order chi connectivity index (χ0) is 13.1. The summed E-state index contributed by atoms with van der Waals surface area (Å²) in [5, 5.41) is -0.341. The van der Waals surface area contributed by atoms with Crippen LogP contribution in [0.4, 0.5) is 0 Å². The molecule has 0 rings (SSSR count). The van der Waals surface area contributed by atoms with E-state index in [-0.39, 0.29) is 10.4 Å². The fourth-order valence-electron chi connectivity index (χ4n) is 0.940. The SMILES string of the molecule is COC(=O)[C@@H](O[Si](C)(C)C(C)(C)C)[C@H](C)Cl. The van der Waals surface area contributed by atoms with Gasteiger partial charge in [0.25, 0.3) is 0 Å². The van der Waals surface area contributed by atoms with Crippen LogP contribution in [0.15, 0.2) is 0 Å². The molecule has 0 aromatic rings. The molecule has 0 N–H and O–H groups in total. The molecule has 0 unspecified atom stereocenters. The van der Waals surface area contributed by atoms with Crippen LogP contribution in [0.2, 0.25) is 18.1 Å². The number of alkyl halides is 1. The van der Waals surface area contributed by atoms with E-state index < -0.39 is 20.4 Å². The molecule has 0 heterocycles. The van der Waals surface area contributed by atoms with Gasteiger partial charge in [-0.3, -0.25) is 0 Å². The van der Waals surface area contributed by atoms with Crippen LogP contribution < -0.4 is 0 Å². The molecule has 0 aliphatic rings. The Labute approximate surface area is 105 Å². The lowest BCUT2D eigenvalue weighted by molar-refractivity contribution is -0.149. The van der Waals surface area contributed by atoms with Crippen LogP contribution in [-0.2, 0) is 14.0 Å². The summed E-state index contributed by atoms with van der Waals surface area (Å²) in [4.78, 5) is 11.5. The average Bonchev–Trinajstić information content (AvgIpc) is 2.10. The van der Waals surface area contributed by atoms with Crippen molar-refractivity contribution in [2.75, 3.05) is 7.11 Å². The number of esters is 1. The maximum absolute atomic E-state index is 11.5. The minimum Gasteiger partial charge on any atom is -0.467 e. The number of hydrogen-bond acceptors (Lipinski definition) is 3. The monoisotopic (exact) mass is 266 g/mol. The lowest BCUT2D eigenvalue weighted by Gasteiger charge is -2.39. The molecule has 0 amide bonds. The standard InChI is InChI=1S/C11H23ClO3Si/c1-8(12)9(10(13)14-5)15-16(6,7)11(2,3)4/h8-9H,1-7H3/t8-,9-/m0/s1. The van der Waals surface area contributed by atoms with Gasteiger partial charge in [-0.1, -0.05) is 20.8 Å². The molecular weight excluding hydrogens is 244 g/mol. The molecule has 0 spiro atoms. The Morgan fingerprint density at radius 1 is 1.31 bits per heavy atom. The third kappa shape index (κ3) is 4.07. The number of carbonyl (C=O) groups excluding carboxylic acids is 1. The highest BCUT2D eigenvalue weighted by molar-refractivity contribution is 6.74. The first-order valence-electron chi connectivity index (χ1n) is 5.42. The number of carbonyl (C=O) groups is 1. The topological polar surface area (TPSA) is 35.5 Å². The summed E-state index contributed by atoms with van der Waals surface area (Å²) >= 11 is 5.97. The second-order valence-electron chi connectivity index (χ2n) is 5.50. The largest absolute Gasteiger partial charge is 0.467 e. The Morgan fingerprint density at radius 2 is 1.75 bits per heavy atom. The molecular formula is C11H23ClO3Si. The van der Waals surface area contributed by atoms with E-state index in [2.05, 4.69) is 33.9 Å². The summed E-state index contributed by atoms with van der Waals surface area (Å²) in [5.74, 6) is -0.396. The molecule has 5 heteroatoms. The van der Waals surface area contributed by atoms with Crippen molar-refractivity contribution in [2.45, 2.75) is 57.3 Å². The number of methoxy groups -OCH3 is 1. The van der Waals surface area contributed by atoms with Gasteiger partial charge in [0.15, 0.2) is 14.4 Å². The molecule has 2 atom stereocenters. The van der Waals surface area contributed by atoms with Crippen molar-refractivity contribution in [3.8, 4) is 0 Å². The molecule has 0 aromatic heterocycles. The Morgan fingerprint density at radius 3 is 2.00 bits per heavy atom. The lowest BCUT2D eigenvalue weighted by atomic mass is 10.2. The van der Waals surface area contributed by atoms with E-state index in [0.29, 0.717) is 0 Å². The van der Waals surface area contributed by atoms with Gasteiger partial charge in [0.1, 0.15) is 0 Å². The van der Waals surface area contributed by atoms with Crippen LogP contribution in [-0.4, -0.2) is 32.9 Å². The molecule has 0 bridgehead atoms. The number of halogens is 1. The van der Waals surface area contributed by atoms with E-state index in [4.69, 9.17) is 20.8 Å². The molecule has 0 saturated carbocycles. The number of hydrogen-bond donors (Lipinski definition) is 0. The molecule has 16 heavy (non-hydrogen) atoms. The lowest BCUT2D eigenvalue weighted by Crippen LogP contribution is -2.48. The fourth-order valence-corrected chi connectivity index (χ4v) is 2.47. The predicted molar refractivity (Wildman–Crippen MR) is 69.4 cm³/mol. The van der Waals surface area contributed by atoms with Crippen LogP contribution in [0.1, 0.15) is 27.7 Å². The molecule has 0 saturated heterocycles. The van der Waals surface area contributed by atoms with Gasteiger partial charge in [-0.05, 0) is 25.1 Å². The van der Waals surface area contributed by atoms with Gasteiger partial charge >= 0.3 is 5.97 Å². The van der Waals surface area contributed by atoms with Crippen molar-refractivity contribution in [3.63, 3.8) is 0 Å². The average molecular weight is 267 g/mol. The molecule has 0 aliphatic heterocycles. The van der Waals surface area contributed by atoms with E-state index in [1.807, 2.05) is 0 Å². The molecule has 0 radical (unpaired) electrons. The normalized spacial score (nSPS) is 16.8. The summed E-state index contributed by atoms with van der Waals surface area (Å²) in [6, 6.07) is 0. The van der Waals surface area contributed by atoms with Gasteiger partial charge in [0, 0.05) is 0 Å². The van der Waals surface area contributed by atoms with Crippen molar-refractivity contribution in [1.29, 1.82) is 0 Å². The van der Waals surface area contributed by atoms with Gasteiger partial charge < -0.3 is 9.16 Å². The van der Waals surface area contributed by atoms with Crippen LogP contribution in [0.5, 0.6) is 0 Å². The van der Waals surface area contributed by atoms with Crippen molar-refractivity contribution in [1.82, 2.24) is 0 Å². The van der Waals surface area contributed by atoms with E-state index in [0.717, 1.165) is 0 Å². The summed E-state index contributed by atoms with van der Waals surface area (Å²) in [6.07, 6.45) is -0.674. The van der Waals surface area contributed by atoms with E-state index in [9.17, 15) is 4.79 Å². The van der Waals surface area contributed by atoms with E-state index >= 15 is 0 Å². The van der Waals surface area contributed by atoms with Gasteiger partial charge in [-0.25, -0.2) is 4.79 Å². The maximum Gasteiger partial charge on any atom is 0.335 e. The first kappa shape index (κ1) is 15.9. The highest BCUT2D eigenvalue weighted by Gasteiger charge is 2.42. The van der Waals surface area contributed by atoms with Crippen LogP contribution in [0.3, 0.4) is 0 Å². The summed E-state index contributed by atoms with van der Waals surface area (Å²) in [6.45, 7) is 12.3. The number of ether oxygens (including phenoxy) is 1. The smallest absolute Gasteiger partial charge is 0.335 e. The van der Waals surface area contributed by atoms with Crippen molar-refractivity contribution < 1.29 is 14.0 Å². The van der Waals surface area contributed by atoms with Crippen molar-refractivity contribution in [2.24, 2.45) is 0 Å². The zero-order valence-electron chi connectivity index (χ0n) is 11.3. The number of rotatable bonds is 4. The third-order valence-electron chi connectivity index (χ3n) is 3.08. The van der Waals surface area contributed by atoms with Gasteiger partial charge in [-0.15, -0.1) is 11.6 Å². The molecule has 0 aromatic carbocycles. The second kappa shape index (κ2) is 5.51.